The topological polar surface area (TPSA) is 80.7 Å². The summed E-state index contributed by atoms with van der Waals surface area (Å²) in [5.41, 5.74) is -0.279. The van der Waals surface area contributed by atoms with Gasteiger partial charge in [0.2, 0.25) is 6.10 Å². The molecule has 1 unspecified atom stereocenters. The van der Waals surface area contributed by atoms with Crippen molar-refractivity contribution in [2.45, 2.75) is 17.8 Å². The van der Waals surface area contributed by atoms with Crippen LogP contribution in [0.1, 0.15) is 10.4 Å². The Hall–Kier alpha value is 0.510. The molecule has 1 atom stereocenters. The van der Waals surface area contributed by atoms with Crippen LogP contribution in [0.5, 0.6) is 0 Å². The van der Waals surface area contributed by atoms with Crippen LogP contribution in [-0.4, -0.2) is 36.7 Å². The van der Waals surface area contributed by atoms with Crippen molar-refractivity contribution < 1.29 is 40.1 Å². The molecule has 0 heterocycles. The maximum absolute atomic E-state index is 13.4. The van der Waals surface area contributed by atoms with E-state index in [0.29, 0.717) is 7.14 Å². The van der Waals surface area contributed by atoms with Gasteiger partial charge in [-0.05, 0) is 79.9 Å². The SMILES string of the molecule is O=C(OC(C(F)F)C(F)(F)S(=O)(=O)O)c1cc(I)cc(I)c1I. The van der Waals surface area contributed by atoms with Crippen LogP contribution < -0.4 is 0 Å². The van der Waals surface area contributed by atoms with E-state index in [2.05, 4.69) is 4.74 Å². The van der Waals surface area contributed by atoms with E-state index in [1.54, 1.807) is 28.7 Å². The van der Waals surface area contributed by atoms with Gasteiger partial charge < -0.3 is 4.74 Å². The standard InChI is InChI=1S/C10H5F4I3O5S/c11-8(12)7(10(13,14)23(19,20)21)22-9(18)4-1-3(15)2-5(16)6(4)17/h1-2,7-8H,(H,19,20,21). The molecule has 0 radical (unpaired) electrons. The molecule has 1 aromatic carbocycles. The molecular formula is C10H5F4I3O5S. The molecule has 13 heteroatoms. The number of hydrogen-bond acceptors (Lipinski definition) is 4. The predicted octanol–water partition coefficient (Wildman–Crippen LogP) is 3.77. The first kappa shape index (κ1) is 21.6. The van der Waals surface area contributed by atoms with Gasteiger partial charge in [0, 0.05) is 10.7 Å². The van der Waals surface area contributed by atoms with Gasteiger partial charge >= 0.3 is 21.3 Å². The Bertz CT molecular complexity index is 725. The summed E-state index contributed by atoms with van der Waals surface area (Å²) in [6.45, 7) is 0. The van der Waals surface area contributed by atoms with E-state index in [1.165, 1.54) is 6.07 Å². The van der Waals surface area contributed by atoms with Gasteiger partial charge in [-0.3, -0.25) is 4.55 Å². The van der Waals surface area contributed by atoms with Crippen LogP contribution >= 0.6 is 67.8 Å². The average molecular weight is 694 g/mol. The predicted molar refractivity (Wildman–Crippen MR) is 96.3 cm³/mol. The highest BCUT2D eigenvalue weighted by Crippen LogP contribution is 2.32. The zero-order valence-electron chi connectivity index (χ0n) is 10.4. The Morgan fingerprint density at radius 2 is 1.74 bits per heavy atom. The molecule has 0 aliphatic carbocycles. The Labute approximate surface area is 168 Å². The van der Waals surface area contributed by atoms with Gasteiger partial charge in [0.15, 0.2) is 0 Å². The molecule has 130 valence electrons. The van der Waals surface area contributed by atoms with Crippen LogP contribution in [0.25, 0.3) is 0 Å². The van der Waals surface area contributed by atoms with Gasteiger partial charge in [0.25, 0.3) is 6.43 Å². The number of rotatable bonds is 5. The summed E-state index contributed by atoms with van der Waals surface area (Å²) < 4.78 is 87.0. The highest BCUT2D eigenvalue weighted by molar-refractivity contribution is 14.1. The molecular weight excluding hydrogens is 689 g/mol. The molecule has 0 amide bonds. The van der Waals surface area contributed by atoms with Crippen molar-refractivity contribution in [1.29, 1.82) is 0 Å². The third-order valence-corrected chi connectivity index (χ3v) is 6.94. The third kappa shape index (κ3) is 5.00. The fraction of sp³-hybridized carbons (Fsp3) is 0.300. The first-order valence-electron chi connectivity index (χ1n) is 5.27. The van der Waals surface area contributed by atoms with Gasteiger partial charge in [-0.15, -0.1) is 0 Å². The van der Waals surface area contributed by atoms with Crippen molar-refractivity contribution in [3.05, 3.63) is 28.4 Å². The molecule has 0 saturated heterocycles. The van der Waals surface area contributed by atoms with Gasteiger partial charge in [0.05, 0.1) is 5.56 Å². The monoisotopic (exact) mass is 694 g/mol. The van der Waals surface area contributed by atoms with E-state index < -0.39 is 33.9 Å². The van der Waals surface area contributed by atoms with E-state index >= 15 is 0 Å². The van der Waals surface area contributed by atoms with E-state index in [4.69, 9.17) is 4.55 Å². The Morgan fingerprint density at radius 1 is 1.22 bits per heavy atom. The molecule has 1 rings (SSSR count). The Morgan fingerprint density at radius 3 is 2.17 bits per heavy atom. The first-order valence-corrected chi connectivity index (χ1v) is 9.95. The Balaban J connectivity index is 3.25. The second kappa shape index (κ2) is 7.81. The second-order valence-corrected chi connectivity index (χ2v) is 8.93. The summed E-state index contributed by atoms with van der Waals surface area (Å²) in [5, 5.41) is -5.35. The first-order chi connectivity index (χ1) is 10.3. The van der Waals surface area contributed by atoms with Gasteiger partial charge in [-0.1, -0.05) is 0 Å². The molecule has 5 nitrogen and oxygen atoms in total. The number of alkyl halides is 4. The van der Waals surface area contributed by atoms with Crippen molar-refractivity contribution >= 4 is 83.9 Å². The van der Waals surface area contributed by atoms with Crippen molar-refractivity contribution in [3.8, 4) is 0 Å². The van der Waals surface area contributed by atoms with E-state index in [9.17, 15) is 30.8 Å². The number of ether oxygens (including phenoxy) is 1. The minimum absolute atomic E-state index is 0.261. The lowest BCUT2D eigenvalue weighted by atomic mass is 10.2. The molecule has 1 N–H and O–H groups in total. The molecule has 0 spiro atoms. The molecule has 0 aliphatic heterocycles. The second-order valence-electron chi connectivity index (χ2n) is 3.95. The highest BCUT2D eigenvalue weighted by Gasteiger charge is 2.58. The molecule has 0 aromatic heterocycles. The minimum atomic E-state index is -6.20. The highest BCUT2D eigenvalue weighted by atomic mass is 127. The summed E-state index contributed by atoms with van der Waals surface area (Å²) >= 11 is 5.33. The van der Waals surface area contributed by atoms with Crippen LogP contribution in [0.3, 0.4) is 0 Å². The van der Waals surface area contributed by atoms with Gasteiger partial charge in [-0.2, -0.15) is 17.2 Å². The van der Waals surface area contributed by atoms with Crippen molar-refractivity contribution in [2.24, 2.45) is 0 Å². The maximum atomic E-state index is 13.4. The molecule has 0 fully saturated rings. The summed E-state index contributed by atoms with van der Waals surface area (Å²) in [6.07, 6.45) is -7.67. The Kier molecular flexibility index (Phi) is 7.32. The van der Waals surface area contributed by atoms with Crippen LogP contribution in [0.4, 0.5) is 17.6 Å². The zero-order chi connectivity index (χ0) is 18.2. The normalized spacial score (nSPS) is 14.0. The third-order valence-electron chi connectivity index (χ3n) is 2.35. The number of esters is 1. The number of hydrogen-bond donors (Lipinski definition) is 1. The number of carbonyl (C=O) groups is 1. The van der Waals surface area contributed by atoms with E-state index in [-0.39, 0.29) is 9.13 Å². The largest absolute Gasteiger partial charge is 0.445 e. The smallest absolute Gasteiger partial charge is 0.411 e. The molecule has 23 heavy (non-hydrogen) atoms. The summed E-state index contributed by atoms with van der Waals surface area (Å²) in [5.74, 6) is -1.56. The molecule has 1 aromatic rings. The van der Waals surface area contributed by atoms with Gasteiger partial charge in [-0.25, -0.2) is 13.6 Å². The van der Waals surface area contributed by atoms with Crippen molar-refractivity contribution in [2.75, 3.05) is 0 Å². The van der Waals surface area contributed by atoms with Crippen molar-refractivity contribution in [1.82, 2.24) is 0 Å². The van der Waals surface area contributed by atoms with Crippen LogP contribution in [0.2, 0.25) is 0 Å². The van der Waals surface area contributed by atoms with Crippen molar-refractivity contribution in [3.63, 3.8) is 0 Å². The zero-order valence-corrected chi connectivity index (χ0v) is 17.7. The van der Waals surface area contributed by atoms with Crippen LogP contribution in [0, 0.1) is 10.7 Å². The lowest BCUT2D eigenvalue weighted by Gasteiger charge is -2.23. The fourth-order valence-electron chi connectivity index (χ4n) is 1.30. The minimum Gasteiger partial charge on any atom is -0.445 e. The number of halogens is 7. The van der Waals surface area contributed by atoms with E-state index in [0.717, 1.165) is 0 Å². The number of carbonyl (C=O) groups excluding carboxylic acids is 1. The molecule has 0 saturated carbocycles. The molecule has 0 aliphatic rings. The fourth-order valence-corrected chi connectivity index (χ4v) is 4.12. The number of benzene rings is 1. The lowest BCUT2D eigenvalue weighted by Crippen LogP contribution is -2.48. The maximum Gasteiger partial charge on any atom is 0.411 e. The average Bonchev–Trinajstić information content (AvgIpc) is 2.37. The van der Waals surface area contributed by atoms with Crippen LogP contribution in [0.15, 0.2) is 12.1 Å². The lowest BCUT2D eigenvalue weighted by molar-refractivity contribution is -0.125. The summed E-state index contributed by atoms with van der Waals surface area (Å²) in [7, 11) is -6.20. The van der Waals surface area contributed by atoms with E-state index in [1.807, 2.05) is 45.2 Å². The van der Waals surface area contributed by atoms with Crippen LogP contribution in [-0.2, 0) is 14.9 Å². The summed E-state index contributed by atoms with van der Waals surface area (Å²) in [6, 6.07) is 2.85. The quantitative estimate of drug-likeness (QED) is 0.167. The van der Waals surface area contributed by atoms with Gasteiger partial charge in [0.1, 0.15) is 0 Å². The molecule has 0 bridgehead atoms. The summed E-state index contributed by atoms with van der Waals surface area (Å²) in [4.78, 5) is 11.9.